The molecule has 0 spiro atoms. The van der Waals surface area contributed by atoms with Crippen molar-refractivity contribution in [2.75, 3.05) is 25.6 Å². The zero-order chi connectivity index (χ0) is 21.3. The van der Waals surface area contributed by atoms with E-state index in [2.05, 4.69) is 9.44 Å². The molecule has 29 heavy (non-hydrogen) atoms. The second-order valence-electron chi connectivity index (χ2n) is 6.53. The van der Waals surface area contributed by atoms with E-state index in [1.807, 2.05) is 24.3 Å². The molecule has 0 unspecified atom stereocenters. The van der Waals surface area contributed by atoms with Crippen LogP contribution in [0.5, 0.6) is 11.5 Å². The molecule has 0 saturated heterocycles. The first-order chi connectivity index (χ1) is 13.6. The fourth-order valence-corrected chi connectivity index (χ4v) is 3.38. The SMILES string of the molecule is CS(=O)(=O)NCCc1ccc(OBOc2ccc(CCNS(C)(=O)=O)cc2)cc1. The van der Waals surface area contributed by atoms with Crippen molar-refractivity contribution in [2.45, 2.75) is 12.8 Å². The lowest BCUT2D eigenvalue weighted by Crippen LogP contribution is -2.24. The molecule has 0 heterocycles. The highest BCUT2D eigenvalue weighted by atomic mass is 32.2. The van der Waals surface area contributed by atoms with Crippen molar-refractivity contribution in [2.24, 2.45) is 0 Å². The molecule has 2 N–H and O–H groups in total. The van der Waals surface area contributed by atoms with Crippen molar-refractivity contribution < 1.29 is 26.1 Å². The molecular formula is C18H25BN2O6S2. The molecule has 2 aromatic carbocycles. The van der Waals surface area contributed by atoms with E-state index >= 15 is 0 Å². The molecule has 0 amide bonds. The third-order valence-corrected chi connectivity index (χ3v) is 5.31. The summed E-state index contributed by atoms with van der Waals surface area (Å²) in [7, 11) is -6.30. The zero-order valence-corrected chi connectivity index (χ0v) is 18.1. The monoisotopic (exact) mass is 440 g/mol. The van der Waals surface area contributed by atoms with Crippen LogP contribution < -0.4 is 18.8 Å². The van der Waals surface area contributed by atoms with Gasteiger partial charge < -0.3 is 9.31 Å². The van der Waals surface area contributed by atoms with Gasteiger partial charge in [-0.2, -0.15) is 0 Å². The minimum Gasteiger partial charge on any atom is -0.529 e. The Morgan fingerprint density at radius 1 is 0.690 bits per heavy atom. The minimum absolute atomic E-state index is 0.0456. The Labute approximate surface area is 173 Å². The first-order valence-electron chi connectivity index (χ1n) is 8.93. The van der Waals surface area contributed by atoms with Gasteiger partial charge in [-0.25, -0.2) is 26.3 Å². The fourth-order valence-electron chi connectivity index (χ4n) is 2.43. The summed E-state index contributed by atoms with van der Waals surface area (Å²) in [6.07, 6.45) is 3.45. The van der Waals surface area contributed by atoms with Gasteiger partial charge in [0.1, 0.15) is 11.5 Å². The smallest absolute Gasteiger partial charge is 0.529 e. The summed E-state index contributed by atoms with van der Waals surface area (Å²) < 4.78 is 60.2. The van der Waals surface area contributed by atoms with Crippen LogP contribution in [0.4, 0.5) is 0 Å². The second kappa shape index (κ2) is 10.6. The molecule has 0 aromatic heterocycles. The molecule has 158 valence electrons. The highest BCUT2D eigenvalue weighted by Crippen LogP contribution is 2.15. The summed E-state index contributed by atoms with van der Waals surface area (Å²) in [5.74, 6) is 1.29. The molecule has 11 heteroatoms. The highest BCUT2D eigenvalue weighted by molar-refractivity contribution is 7.89. The minimum atomic E-state index is -3.17. The Kier molecular flexibility index (Phi) is 8.51. The fraction of sp³-hybridized carbons (Fsp3) is 0.333. The predicted molar refractivity (Wildman–Crippen MR) is 114 cm³/mol. The van der Waals surface area contributed by atoms with Gasteiger partial charge in [-0.15, -0.1) is 0 Å². The lowest BCUT2D eigenvalue weighted by molar-refractivity contribution is 0.459. The van der Waals surface area contributed by atoms with Crippen LogP contribution in [0.1, 0.15) is 11.1 Å². The molecule has 0 aliphatic rings. The summed E-state index contributed by atoms with van der Waals surface area (Å²) in [5.41, 5.74) is 1.99. The van der Waals surface area contributed by atoms with Crippen LogP contribution in [-0.2, 0) is 32.9 Å². The van der Waals surface area contributed by atoms with E-state index in [-0.39, 0.29) is 7.69 Å². The summed E-state index contributed by atoms with van der Waals surface area (Å²) >= 11 is 0. The zero-order valence-electron chi connectivity index (χ0n) is 16.4. The van der Waals surface area contributed by atoms with Crippen LogP contribution >= 0.6 is 0 Å². The molecule has 2 aromatic rings. The molecule has 8 nitrogen and oxygen atoms in total. The molecule has 2 rings (SSSR count). The maximum absolute atomic E-state index is 11.0. The molecule has 0 saturated carbocycles. The summed E-state index contributed by atoms with van der Waals surface area (Å²) in [5, 5.41) is 0. The number of benzene rings is 2. The van der Waals surface area contributed by atoms with Gasteiger partial charge in [-0.05, 0) is 48.2 Å². The van der Waals surface area contributed by atoms with Gasteiger partial charge in [0.25, 0.3) is 0 Å². The van der Waals surface area contributed by atoms with E-state index in [4.69, 9.17) is 9.31 Å². The van der Waals surface area contributed by atoms with Crippen molar-refractivity contribution in [3.63, 3.8) is 0 Å². The quantitative estimate of drug-likeness (QED) is 0.468. The number of sulfonamides is 2. The third-order valence-electron chi connectivity index (χ3n) is 3.85. The molecule has 0 bridgehead atoms. The van der Waals surface area contributed by atoms with Crippen molar-refractivity contribution in [3.8, 4) is 11.5 Å². The van der Waals surface area contributed by atoms with E-state index in [0.29, 0.717) is 37.4 Å². The number of nitrogens with one attached hydrogen (secondary N) is 2. The van der Waals surface area contributed by atoms with Crippen LogP contribution in [0, 0.1) is 0 Å². The lowest BCUT2D eigenvalue weighted by Gasteiger charge is -2.09. The average Bonchev–Trinajstić information content (AvgIpc) is 2.62. The average molecular weight is 440 g/mol. The standard InChI is InChI=1S/C18H25BN2O6S2/c1-28(22,23)20-13-11-15-3-7-17(8-4-15)26-19-27-18-9-5-16(6-10-18)12-14-21-29(2,24)25/h3-10,19-21H,11-14H2,1-2H3. The van der Waals surface area contributed by atoms with E-state index in [0.717, 1.165) is 23.6 Å². The third kappa shape index (κ3) is 10.3. The van der Waals surface area contributed by atoms with Gasteiger partial charge in [0.2, 0.25) is 20.0 Å². The van der Waals surface area contributed by atoms with Gasteiger partial charge in [-0.3, -0.25) is 0 Å². The van der Waals surface area contributed by atoms with Crippen LogP contribution in [0.25, 0.3) is 0 Å². The van der Waals surface area contributed by atoms with Crippen LogP contribution in [0.3, 0.4) is 0 Å². The van der Waals surface area contributed by atoms with Crippen molar-refractivity contribution in [1.82, 2.24) is 9.44 Å². The lowest BCUT2D eigenvalue weighted by atomic mass is 10.1. The maximum Gasteiger partial charge on any atom is 0.576 e. The summed E-state index contributed by atoms with van der Waals surface area (Å²) in [4.78, 5) is 0. The van der Waals surface area contributed by atoms with E-state index in [1.165, 1.54) is 0 Å². The maximum atomic E-state index is 11.0. The summed E-state index contributed by atoms with van der Waals surface area (Å²) in [6.45, 7) is 0.699. The number of rotatable bonds is 12. The largest absolute Gasteiger partial charge is 0.576 e. The number of hydrogen-bond acceptors (Lipinski definition) is 6. The Morgan fingerprint density at radius 3 is 1.34 bits per heavy atom. The Bertz CT molecular complexity index is 897. The van der Waals surface area contributed by atoms with Gasteiger partial charge in [0.15, 0.2) is 0 Å². The Morgan fingerprint density at radius 2 is 1.03 bits per heavy atom. The van der Waals surface area contributed by atoms with E-state index in [9.17, 15) is 16.8 Å². The molecule has 0 fully saturated rings. The van der Waals surface area contributed by atoms with E-state index < -0.39 is 20.0 Å². The first kappa shape index (κ1) is 23.2. The van der Waals surface area contributed by atoms with Crippen LogP contribution in [0.2, 0.25) is 0 Å². The van der Waals surface area contributed by atoms with Crippen molar-refractivity contribution >= 4 is 27.7 Å². The van der Waals surface area contributed by atoms with Gasteiger partial charge >= 0.3 is 7.69 Å². The number of hydrogen-bond donors (Lipinski definition) is 2. The normalized spacial score (nSPS) is 11.8. The molecule has 0 radical (unpaired) electrons. The van der Waals surface area contributed by atoms with Gasteiger partial charge in [0, 0.05) is 13.1 Å². The predicted octanol–water partition coefficient (Wildman–Crippen LogP) is 0.594. The highest BCUT2D eigenvalue weighted by Gasteiger charge is 2.04. The van der Waals surface area contributed by atoms with Gasteiger partial charge in [0.05, 0.1) is 12.5 Å². The van der Waals surface area contributed by atoms with E-state index in [1.54, 1.807) is 24.3 Å². The summed E-state index contributed by atoms with van der Waals surface area (Å²) in [6, 6.07) is 14.7. The molecular weight excluding hydrogens is 415 g/mol. The van der Waals surface area contributed by atoms with Crippen LogP contribution in [0.15, 0.2) is 48.5 Å². The second-order valence-corrected chi connectivity index (χ2v) is 10.2. The topological polar surface area (TPSA) is 111 Å². The molecule has 0 aliphatic heterocycles. The molecule has 0 aliphatic carbocycles. The Balaban J connectivity index is 1.71. The van der Waals surface area contributed by atoms with Gasteiger partial charge in [-0.1, -0.05) is 24.3 Å². The Hall–Kier alpha value is -2.08. The van der Waals surface area contributed by atoms with Crippen LogP contribution in [-0.4, -0.2) is 50.1 Å². The molecule has 0 atom stereocenters. The van der Waals surface area contributed by atoms with Crippen molar-refractivity contribution in [3.05, 3.63) is 59.7 Å². The first-order valence-corrected chi connectivity index (χ1v) is 12.7. The van der Waals surface area contributed by atoms with Crippen molar-refractivity contribution in [1.29, 1.82) is 0 Å².